The lowest BCUT2D eigenvalue weighted by molar-refractivity contribution is -0.135. The van der Waals surface area contributed by atoms with Gasteiger partial charge >= 0.3 is 0 Å². The van der Waals surface area contributed by atoms with Crippen molar-refractivity contribution in [2.24, 2.45) is 0 Å². The van der Waals surface area contributed by atoms with E-state index >= 15 is 0 Å². The van der Waals surface area contributed by atoms with Crippen LogP contribution < -0.4 is 5.32 Å². The number of amides is 3. The van der Waals surface area contributed by atoms with E-state index in [2.05, 4.69) is 10.3 Å². The van der Waals surface area contributed by atoms with Gasteiger partial charge in [-0.15, -0.1) is 0 Å². The summed E-state index contributed by atoms with van der Waals surface area (Å²) in [5, 5.41) is 2.14. The van der Waals surface area contributed by atoms with Crippen LogP contribution in [0.5, 0.6) is 0 Å². The second-order valence-corrected chi connectivity index (χ2v) is 4.22. The summed E-state index contributed by atoms with van der Waals surface area (Å²) in [5.41, 5.74) is 0.854. The molecule has 3 rings (SSSR count). The predicted molar refractivity (Wildman–Crippen MR) is 64.2 cm³/mol. The smallest absolute Gasteiger partial charge is 0.275 e. The maximum Gasteiger partial charge on any atom is 0.275 e. The second kappa shape index (κ2) is 4.20. The van der Waals surface area contributed by atoms with E-state index in [1.807, 2.05) is 12.1 Å². The van der Waals surface area contributed by atoms with Crippen molar-refractivity contribution in [2.75, 3.05) is 13.1 Å². The molecule has 0 bridgehead atoms. The van der Waals surface area contributed by atoms with Crippen LogP contribution in [-0.2, 0) is 9.59 Å². The number of nitrogens with one attached hydrogen (secondary N) is 1. The van der Waals surface area contributed by atoms with Crippen LogP contribution >= 0.6 is 0 Å². The zero-order valence-electron chi connectivity index (χ0n) is 9.87. The van der Waals surface area contributed by atoms with Crippen LogP contribution in [0.15, 0.2) is 30.6 Å². The van der Waals surface area contributed by atoms with Crippen molar-refractivity contribution in [1.82, 2.24) is 19.6 Å². The fourth-order valence-corrected chi connectivity index (χ4v) is 1.98. The van der Waals surface area contributed by atoms with Gasteiger partial charge in [0.1, 0.15) is 24.4 Å². The third-order valence-electron chi connectivity index (χ3n) is 2.82. The van der Waals surface area contributed by atoms with Gasteiger partial charge in [0.25, 0.3) is 5.91 Å². The lowest BCUT2D eigenvalue weighted by atomic mass is 10.3. The Bertz CT molecular complexity index is 642. The van der Waals surface area contributed by atoms with Crippen molar-refractivity contribution in [3.63, 3.8) is 0 Å². The Hall–Kier alpha value is -2.70. The molecule has 1 aliphatic rings. The minimum atomic E-state index is -0.478. The summed E-state index contributed by atoms with van der Waals surface area (Å²) in [6.45, 7) is -0.253. The lowest BCUT2D eigenvalue weighted by Gasteiger charge is -2.24. The van der Waals surface area contributed by atoms with Crippen LogP contribution in [0, 0.1) is 0 Å². The van der Waals surface area contributed by atoms with Crippen LogP contribution in [0.4, 0.5) is 0 Å². The Labute approximate surface area is 107 Å². The molecule has 0 spiro atoms. The molecule has 0 unspecified atom stereocenters. The molecular weight excluding hydrogens is 248 g/mol. The number of carbonyl (C=O) groups is 3. The van der Waals surface area contributed by atoms with Crippen LogP contribution in [0.3, 0.4) is 0 Å². The van der Waals surface area contributed by atoms with Gasteiger partial charge in [0.2, 0.25) is 11.8 Å². The molecule has 0 aromatic carbocycles. The molecule has 3 amide bonds. The van der Waals surface area contributed by atoms with E-state index in [1.165, 1.54) is 4.90 Å². The lowest BCUT2D eigenvalue weighted by Crippen LogP contribution is -2.53. The fourth-order valence-electron chi connectivity index (χ4n) is 1.98. The fraction of sp³-hybridized carbons (Fsp3) is 0.167. The maximum atomic E-state index is 12.2. The van der Waals surface area contributed by atoms with E-state index in [1.54, 1.807) is 22.9 Å². The second-order valence-electron chi connectivity index (χ2n) is 4.22. The van der Waals surface area contributed by atoms with Crippen LogP contribution in [0.2, 0.25) is 0 Å². The number of imidazole rings is 1. The van der Waals surface area contributed by atoms with Crippen molar-refractivity contribution in [1.29, 1.82) is 0 Å². The maximum absolute atomic E-state index is 12.2. The molecular formula is C12H10N4O3. The monoisotopic (exact) mass is 258 g/mol. The average Bonchev–Trinajstić information content (AvgIpc) is 2.80. The number of hydrogen-bond acceptors (Lipinski definition) is 4. The van der Waals surface area contributed by atoms with E-state index in [0.717, 1.165) is 0 Å². The van der Waals surface area contributed by atoms with Crippen molar-refractivity contribution < 1.29 is 14.4 Å². The number of carbonyl (C=O) groups excluding carboxylic acids is 3. The van der Waals surface area contributed by atoms with Crippen LogP contribution in [0.1, 0.15) is 10.5 Å². The summed E-state index contributed by atoms with van der Waals surface area (Å²) >= 11 is 0. The number of imide groups is 1. The van der Waals surface area contributed by atoms with Gasteiger partial charge in [-0.05, 0) is 12.1 Å². The Kier molecular flexibility index (Phi) is 2.52. The predicted octanol–water partition coefficient (Wildman–Crippen LogP) is -0.567. The van der Waals surface area contributed by atoms with Gasteiger partial charge in [0.15, 0.2) is 0 Å². The van der Waals surface area contributed by atoms with Crippen LogP contribution in [0.25, 0.3) is 5.65 Å². The molecule has 0 radical (unpaired) electrons. The summed E-state index contributed by atoms with van der Waals surface area (Å²) in [6.07, 6.45) is 3.35. The SMILES string of the molecule is O=C1CN(C(=O)c2cn3ccccc3n2)CC(=O)N1. The molecule has 0 atom stereocenters. The van der Waals surface area contributed by atoms with Gasteiger partial charge in [-0.1, -0.05) is 6.07 Å². The summed E-state index contributed by atoms with van der Waals surface area (Å²) in [5.74, 6) is -1.38. The minimum absolute atomic E-state index is 0.127. The zero-order chi connectivity index (χ0) is 13.4. The molecule has 1 fully saturated rings. The van der Waals surface area contributed by atoms with Gasteiger partial charge < -0.3 is 9.30 Å². The third-order valence-corrected chi connectivity index (χ3v) is 2.82. The van der Waals surface area contributed by atoms with Crippen molar-refractivity contribution >= 4 is 23.4 Å². The molecule has 2 aromatic heterocycles. The van der Waals surface area contributed by atoms with Gasteiger partial charge in [-0.2, -0.15) is 0 Å². The number of nitrogens with zero attached hydrogens (tertiary/aromatic N) is 3. The first kappa shape index (κ1) is 11.4. The molecule has 0 saturated carbocycles. The highest BCUT2D eigenvalue weighted by atomic mass is 16.2. The molecule has 1 aliphatic heterocycles. The van der Waals surface area contributed by atoms with Crippen molar-refractivity contribution in [3.8, 4) is 0 Å². The molecule has 7 heteroatoms. The number of rotatable bonds is 1. The van der Waals surface area contributed by atoms with Crippen molar-refractivity contribution in [2.45, 2.75) is 0 Å². The Morgan fingerprint density at radius 2 is 1.95 bits per heavy atom. The number of piperazine rings is 1. The van der Waals surface area contributed by atoms with E-state index in [-0.39, 0.29) is 18.8 Å². The summed E-state index contributed by atoms with van der Waals surface area (Å²) in [7, 11) is 0. The summed E-state index contributed by atoms with van der Waals surface area (Å²) in [4.78, 5) is 40.0. The third kappa shape index (κ3) is 2.05. The molecule has 19 heavy (non-hydrogen) atoms. The first-order valence-corrected chi connectivity index (χ1v) is 5.69. The van der Waals surface area contributed by atoms with Gasteiger partial charge in [0, 0.05) is 12.4 Å². The molecule has 2 aromatic rings. The number of pyridine rings is 1. The standard InChI is InChI=1S/C12H10N4O3/c17-10-6-16(7-11(18)14-10)12(19)8-5-15-4-2-1-3-9(15)13-8/h1-5H,6-7H2,(H,14,17,18). The van der Waals surface area contributed by atoms with Crippen LogP contribution in [-0.4, -0.2) is 45.1 Å². The number of aromatic nitrogens is 2. The molecule has 3 heterocycles. The molecule has 0 aliphatic carbocycles. The van der Waals surface area contributed by atoms with Gasteiger partial charge in [-0.3, -0.25) is 19.7 Å². The minimum Gasteiger partial charge on any atom is -0.319 e. The van der Waals surface area contributed by atoms with Crippen molar-refractivity contribution in [3.05, 3.63) is 36.3 Å². The Balaban J connectivity index is 1.90. The summed E-state index contributed by atoms with van der Waals surface area (Å²) in [6, 6.07) is 5.40. The Morgan fingerprint density at radius 3 is 2.63 bits per heavy atom. The normalized spacial score (nSPS) is 15.7. The first-order chi connectivity index (χ1) is 9.13. The summed E-state index contributed by atoms with van der Waals surface area (Å²) < 4.78 is 1.71. The van der Waals surface area contributed by atoms with E-state index in [9.17, 15) is 14.4 Å². The quantitative estimate of drug-likeness (QED) is 0.694. The highest BCUT2D eigenvalue weighted by Gasteiger charge is 2.28. The van der Waals surface area contributed by atoms with E-state index < -0.39 is 17.7 Å². The average molecular weight is 258 g/mol. The first-order valence-electron chi connectivity index (χ1n) is 5.69. The topological polar surface area (TPSA) is 83.8 Å². The van der Waals surface area contributed by atoms with E-state index in [4.69, 9.17) is 0 Å². The Morgan fingerprint density at radius 1 is 1.21 bits per heavy atom. The largest absolute Gasteiger partial charge is 0.319 e. The van der Waals surface area contributed by atoms with Gasteiger partial charge in [0.05, 0.1) is 0 Å². The zero-order valence-corrected chi connectivity index (χ0v) is 9.87. The van der Waals surface area contributed by atoms with Gasteiger partial charge in [-0.25, -0.2) is 4.98 Å². The molecule has 7 nitrogen and oxygen atoms in total. The highest BCUT2D eigenvalue weighted by Crippen LogP contribution is 2.08. The molecule has 1 saturated heterocycles. The molecule has 96 valence electrons. The van der Waals surface area contributed by atoms with E-state index in [0.29, 0.717) is 5.65 Å². The highest BCUT2D eigenvalue weighted by molar-refractivity contribution is 6.05. The number of fused-ring (bicyclic) bond motifs is 1. The molecule has 1 N–H and O–H groups in total. The number of hydrogen-bond donors (Lipinski definition) is 1.